The van der Waals surface area contributed by atoms with Gasteiger partial charge in [-0.25, -0.2) is 13.1 Å². The molecule has 0 spiro atoms. The number of nitrogens with zero attached hydrogens (tertiary/aromatic N) is 1. The van der Waals surface area contributed by atoms with E-state index in [4.69, 9.17) is 5.73 Å². The minimum Gasteiger partial charge on any atom is -0.354 e. The summed E-state index contributed by atoms with van der Waals surface area (Å²) in [4.78, 5) is 11.8. The zero-order valence-corrected chi connectivity index (χ0v) is 14.4. The Labute approximate surface area is 137 Å². The van der Waals surface area contributed by atoms with Gasteiger partial charge in [-0.2, -0.15) is 0 Å². The van der Waals surface area contributed by atoms with Crippen molar-refractivity contribution in [2.24, 2.45) is 12.8 Å². The van der Waals surface area contributed by atoms with Gasteiger partial charge in [0.1, 0.15) is 10.6 Å². The van der Waals surface area contributed by atoms with Crippen LogP contribution >= 0.6 is 12.4 Å². The van der Waals surface area contributed by atoms with E-state index in [1.807, 2.05) is 0 Å². The second-order valence-corrected chi connectivity index (χ2v) is 7.23. The van der Waals surface area contributed by atoms with Crippen LogP contribution in [0.15, 0.2) is 17.2 Å². The third kappa shape index (κ3) is 3.62. The molecule has 1 fully saturated rings. The average Bonchev–Trinajstić information content (AvgIpc) is 3.05. The maximum Gasteiger partial charge on any atom is 0.267 e. The van der Waals surface area contributed by atoms with Crippen LogP contribution in [0.2, 0.25) is 0 Å². The smallest absolute Gasteiger partial charge is 0.267 e. The van der Waals surface area contributed by atoms with E-state index in [1.54, 1.807) is 7.05 Å². The van der Waals surface area contributed by atoms with E-state index in [2.05, 4.69) is 10.0 Å². The topological polar surface area (TPSA) is 106 Å². The predicted octanol–water partition coefficient (Wildman–Crippen LogP) is 0.356. The molecule has 22 heavy (non-hydrogen) atoms. The third-order valence-corrected chi connectivity index (χ3v) is 5.60. The molecule has 0 atom stereocenters. The van der Waals surface area contributed by atoms with Crippen molar-refractivity contribution in [3.05, 3.63) is 18.0 Å². The number of aryl methyl sites for hydroxylation is 1. The predicted molar refractivity (Wildman–Crippen MR) is 86.6 cm³/mol. The number of rotatable bonds is 5. The summed E-state index contributed by atoms with van der Waals surface area (Å²) in [5.74, 6) is -0.326. The summed E-state index contributed by atoms with van der Waals surface area (Å²) in [6, 6.07) is 1.38. The van der Waals surface area contributed by atoms with E-state index >= 15 is 0 Å². The van der Waals surface area contributed by atoms with Crippen LogP contribution in [0.1, 0.15) is 36.2 Å². The lowest BCUT2D eigenvalue weighted by Crippen LogP contribution is -2.51. The van der Waals surface area contributed by atoms with Crippen LogP contribution in [0.4, 0.5) is 0 Å². The molecule has 2 rings (SSSR count). The minimum atomic E-state index is -3.69. The third-order valence-electron chi connectivity index (χ3n) is 4.05. The molecule has 1 heterocycles. The Kier molecular flexibility index (Phi) is 6.03. The van der Waals surface area contributed by atoms with Gasteiger partial charge < -0.3 is 15.6 Å². The van der Waals surface area contributed by atoms with E-state index in [1.165, 1.54) is 23.9 Å². The fourth-order valence-electron chi connectivity index (χ4n) is 2.78. The number of hydrogen-bond donors (Lipinski definition) is 3. The Balaban J connectivity index is 0.00000242. The van der Waals surface area contributed by atoms with Crippen LogP contribution in [0.3, 0.4) is 0 Å². The SMILES string of the molecule is CNC(=O)c1cc(S(=O)(=O)NC2(CN)CCCC2)cn1C.Cl. The van der Waals surface area contributed by atoms with Crippen molar-refractivity contribution in [1.29, 1.82) is 0 Å². The van der Waals surface area contributed by atoms with Crippen LogP contribution in [0.5, 0.6) is 0 Å². The zero-order valence-electron chi connectivity index (χ0n) is 12.8. The molecule has 0 unspecified atom stereocenters. The number of carbonyl (C=O) groups excluding carboxylic acids is 1. The molecular formula is C13H23ClN4O3S. The molecule has 126 valence electrons. The first-order valence-electron chi connectivity index (χ1n) is 6.96. The van der Waals surface area contributed by atoms with Gasteiger partial charge in [0.15, 0.2) is 0 Å². The van der Waals surface area contributed by atoms with Crippen molar-refractivity contribution < 1.29 is 13.2 Å². The zero-order chi connectivity index (χ0) is 15.7. The van der Waals surface area contributed by atoms with E-state index in [-0.39, 0.29) is 29.8 Å². The maximum absolute atomic E-state index is 12.5. The highest BCUT2D eigenvalue weighted by molar-refractivity contribution is 7.89. The second-order valence-electron chi connectivity index (χ2n) is 5.55. The Hall–Kier alpha value is -1.09. The monoisotopic (exact) mass is 350 g/mol. The molecular weight excluding hydrogens is 328 g/mol. The van der Waals surface area contributed by atoms with Crippen molar-refractivity contribution in [2.45, 2.75) is 36.1 Å². The first kappa shape index (κ1) is 19.0. The molecule has 1 saturated carbocycles. The van der Waals surface area contributed by atoms with Crippen molar-refractivity contribution in [3.63, 3.8) is 0 Å². The molecule has 1 aliphatic carbocycles. The fraction of sp³-hybridized carbons (Fsp3) is 0.615. The lowest BCUT2D eigenvalue weighted by Gasteiger charge is -2.27. The number of halogens is 1. The first-order chi connectivity index (χ1) is 9.83. The van der Waals surface area contributed by atoms with Gasteiger partial charge >= 0.3 is 0 Å². The summed E-state index contributed by atoms with van der Waals surface area (Å²) in [6.07, 6.45) is 4.87. The summed E-state index contributed by atoms with van der Waals surface area (Å²) in [5.41, 5.74) is 5.51. The quantitative estimate of drug-likeness (QED) is 0.712. The lowest BCUT2D eigenvalue weighted by molar-refractivity contribution is 0.0955. The van der Waals surface area contributed by atoms with Crippen LogP contribution in [0, 0.1) is 0 Å². The maximum atomic E-state index is 12.5. The number of aromatic nitrogens is 1. The Morgan fingerprint density at radius 2 is 2.00 bits per heavy atom. The number of amides is 1. The standard InChI is InChI=1S/C13H22N4O3S.ClH/c1-15-12(18)11-7-10(8-17(11)2)21(19,20)16-13(9-14)5-3-4-6-13;/h7-8,16H,3-6,9,14H2,1-2H3,(H,15,18);1H. The van der Waals surface area contributed by atoms with Gasteiger partial charge in [-0.1, -0.05) is 12.8 Å². The van der Waals surface area contributed by atoms with Gasteiger partial charge in [-0.15, -0.1) is 12.4 Å². The minimum absolute atomic E-state index is 0. The summed E-state index contributed by atoms with van der Waals surface area (Å²) < 4.78 is 29.3. The number of nitrogens with one attached hydrogen (secondary N) is 2. The largest absolute Gasteiger partial charge is 0.354 e. The van der Waals surface area contributed by atoms with E-state index < -0.39 is 15.6 Å². The molecule has 1 aromatic rings. The summed E-state index contributed by atoms with van der Waals surface area (Å²) in [6.45, 7) is 0.279. The fourth-order valence-corrected chi connectivity index (χ4v) is 4.32. The highest BCUT2D eigenvalue weighted by Crippen LogP contribution is 2.30. The second kappa shape index (κ2) is 6.99. The molecule has 1 aromatic heterocycles. The lowest BCUT2D eigenvalue weighted by atomic mass is 10.0. The highest BCUT2D eigenvalue weighted by atomic mass is 35.5. The van der Waals surface area contributed by atoms with Crippen LogP contribution in [-0.2, 0) is 17.1 Å². The number of sulfonamides is 1. The van der Waals surface area contributed by atoms with Crippen LogP contribution in [0.25, 0.3) is 0 Å². The Bertz CT molecular complexity index is 636. The number of carbonyl (C=O) groups is 1. The first-order valence-corrected chi connectivity index (χ1v) is 8.44. The summed E-state index contributed by atoms with van der Waals surface area (Å²) in [5, 5.41) is 2.48. The Morgan fingerprint density at radius 3 is 2.50 bits per heavy atom. The molecule has 7 nitrogen and oxygen atoms in total. The molecule has 9 heteroatoms. The number of nitrogens with two attached hydrogens (primary N) is 1. The van der Waals surface area contributed by atoms with Crippen molar-refractivity contribution in [1.82, 2.24) is 14.6 Å². The van der Waals surface area contributed by atoms with Crippen molar-refractivity contribution in [2.75, 3.05) is 13.6 Å². The molecule has 0 bridgehead atoms. The molecule has 0 radical (unpaired) electrons. The average molecular weight is 351 g/mol. The molecule has 4 N–H and O–H groups in total. The van der Waals surface area contributed by atoms with Crippen molar-refractivity contribution >= 4 is 28.3 Å². The summed E-state index contributed by atoms with van der Waals surface area (Å²) >= 11 is 0. The highest BCUT2D eigenvalue weighted by Gasteiger charge is 2.37. The molecule has 0 aliphatic heterocycles. The molecule has 0 aromatic carbocycles. The number of hydrogen-bond acceptors (Lipinski definition) is 4. The molecule has 1 aliphatic rings. The van der Waals surface area contributed by atoms with Crippen LogP contribution in [-0.4, -0.2) is 38.0 Å². The van der Waals surface area contributed by atoms with Gasteiger partial charge in [0.05, 0.1) is 0 Å². The van der Waals surface area contributed by atoms with Gasteiger partial charge in [0.2, 0.25) is 10.0 Å². The molecule has 1 amide bonds. The molecule has 0 saturated heterocycles. The van der Waals surface area contributed by atoms with Crippen LogP contribution < -0.4 is 15.8 Å². The van der Waals surface area contributed by atoms with Gasteiger partial charge in [-0.3, -0.25) is 4.79 Å². The van der Waals surface area contributed by atoms with Gasteiger partial charge in [0.25, 0.3) is 5.91 Å². The van der Waals surface area contributed by atoms with E-state index in [9.17, 15) is 13.2 Å². The normalized spacial score (nSPS) is 17.0. The Morgan fingerprint density at radius 1 is 1.41 bits per heavy atom. The van der Waals surface area contributed by atoms with E-state index in [0.717, 1.165) is 25.7 Å². The summed E-state index contributed by atoms with van der Waals surface area (Å²) in [7, 11) is -0.548. The van der Waals surface area contributed by atoms with Crippen molar-refractivity contribution in [3.8, 4) is 0 Å². The van der Waals surface area contributed by atoms with Gasteiger partial charge in [-0.05, 0) is 18.9 Å². The van der Waals surface area contributed by atoms with Gasteiger partial charge in [0, 0.05) is 32.4 Å². The van der Waals surface area contributed by atoms with E-state index in [0.29, 0.717) is 5.69 Å².